The lowest BCUT2D eigenvalue weighted by atomic mass is 9.98. The van der Waals surface area contributed by atoms with Gasteiger partial charge in [-0.15, -0.1) is 11.3 Å². The molecule has 13 heteroatoms. The molecule has 0 aliphatic carbocycles. The molecule has 3 aromatic rings. The van der Waals surface area contributed by atoms with Crippen LogP contribution in [-0.4, -0.2) is 31.4 Å². The van der Waals surface area contributed by atoms with E-state index < -0.39 is 55.5 Å². The van der Waals surface area contributed by atoms with Crippen molar-refractivity contribution < 1.29 is 37.5 Å². The fourth-order valence-electron chi connectivity index (χ4n) is 3.52. The van der Waals surface area contributed by atoms with Gasteiger partial charge in [-0.2, -0.15) is 0 Å². The highest BCUT2D eigenvalue weighted by Gasteiger charge is 2.45. The average molecular weight is 715 g/mol. The number of carbonyl (C=O) groups excluding carboxylic acids is 3. The van der Waals surface area contributed by atoms with E-state index in [9.17, 15) is 18.9 Å². The van der Waals surface area contributed by atoms with Crippen molar-refractivity contribution in [3.05, 3.63) is 74.7 Å². The molecule has 3 rings (SSSR count). The molecule has 1 unspecified atom stereocenters. The zero-order chi connectivity index (χ0) is 32.0. The van der Waals surface area contributed by atoms with Crippen LogP contribution in [-0.2, 0) is 37.5 Å². The third-order valence-corrected chi connectivity index (χ3v) is 9.90. The Morgan fingerprint density at radius 3 is 2.12 bits per heavy atom. The zero-order valence-electron chi connectivity index (χ0n) is 24.6. The van der Waals surface area contributed by atoms with E-state index in [1.54, 1.807) is 71.2 Å². The Balaban J connectivity index is 2.03. The van der Waals surface area contributed by atoms with E-state index in [-0.39, 0.29) is 0 Å². The molecule has 0 saturated heterocycles. The molecule has 1 N–H and O–H groups in total. The van der Waals surface area contributed by atoms with Crippen LogP contribution >= 0.6 is 46.5 Å². The average Bonchev–Trinajstić information content (AvgIpc) is 3.31. The van der Waals surface area contributed by atoms with Crippen LogP contribution in [0.25, 0.3) is 16.2 Å². The largest absolute Gasteiger partial charge is 0.438 e. The Hall–Kier alpha value is -2.53. The predicted octanol–water partition coefficient (Wildman–Crippen LogP) is 8.47. The Labute approximate surface area is 268 Å². The number of benzene rings is 2. The summed E-state index contributed by atoms with van der Waals surface area (Å²) in [5.41, 5.74) is -2.22. The van der Waals surface area contributed by atoms with Gasteiger partial charge in [0.15, 0.2) is 5.66 Å². The second-order valence-electron chi connectivity index (χ2n) is 11.5. The summed E-state index contributed by atoms with van der Waals surface area (Å²) in [5, 5.41) is 5.27. The number of halogens is 2. The number of hydrogen-bond donors (Lipinski definition) is 1. The second-order valence-corrected chi connectivity index (χ2v) is 15.8. The first-order valence-corrected chi connectivity index (χ1v) is 16.8. The second kappa shape index (κ2) is 14.5. The van der Waals surface area contributed by atoms with E-state index in [2.05, 4.69) is 21.2 Å². The van der Waals surface area contributed by atoms with Crippen molar-refractivity contribution in [3.63, 3.8) is 0 Å². The number of carbonyl (C=O) groups is 3. The first-order chi connectivity index (χ1) is 20.0. The minimum Gasteiger partial charge on any atom is -0.438 e. The molecule has 0 bridgehead atoms. The summed E-state index contributed by atoms with van der Waals surface area (Å²) >= 11 is 11.0. The minimum atomic E-state index is -4.58. The number of fused-ring (bicyclic) bond motifs is 1. The summed E-state index contributed by atoms with van der Waals surface area (Å²) in [6.45, 7) is 8.32. The summed E-state index contributed by atoms with van der Waals surface area (Å²) in [7, 11) is -4.58. The van der Waals surface area contributed by atoms with Crippen LogP contribution in [0.4, 0.5) is 0 Å². The van der Waals surface area contributed by atoms with Crippen LogP contribution in [0, 0.1) is 10.8 Å². The van der Waals surface area contributed by atoms with E-state index in [1.807, 2.05) is 24.3 Å². The highest BCUT2D eigenvalue weighted by molar-refractivity contribution is 9.10. The van der Waals surface area contributed by atoms with Crippen LogP contribution in [0.5, 0.6) is 0 Å². The molecule has 0 spiro atoms. The number of nitrogens with one attached hydrogen (secondary N) is 1. The SMILES string of the molecule is CC(C)(C)C(=O)OCOP(=O)(OCOC(=O)C(C)(C)C)C(C(=O)N/C=C/c1ccccc1Br)c1csc2ccc(Cl)cc12. The maximum Gasteiger partial charge on any atom is 0.353 e. The lowest BCUT2D eigenvalue weighted by molar-refractivity contribution is -0.162. The van der Waals surface area contributed by atoms with E-state index in [0.717, 1.165) is 14.7 Å². The molecule has 1 atom stereocenters. The summed E-state index contributed by atoms with van der Waals surface area (Å²) < 4.78 is 37.8. The molecule has 0 fully saturated rings. The number of rotatable bonds is 11. The van der Waals surface area contributed by atoms with Gasteiger partial charge in [0.25, 0.3) is 0 Å². The smallest absolute Gasteiger partial charge is 0.353 e. The standard InChI is InChI=1S/C30H34BrClNO8PS/c1-29(2,3)27(35)38-17-40-42(37,41-18-39-28(36)30(4,5)6)25(22-16-43-24-12-11-20(32)15-21(22)24)26(34)33-14-13-19-9-7-8-10-23(19)31/h7-16,25H,17-18H2,1-6H3,(H,33,34)/b14-13+. The van der Waals surface area contributed by atoms with Gasteiger partial charge in [0, 0.05) is 20.4 Å². The van der Waals surface area contributed by atoms with Crippen molar-refractivity contribution in [2.24, 2.45) is 10.8 Å². The minimum absolute atomic E-state index is 0.307. The molecule has 43 heavy (non-hydrogen) atoms. The van der Waals surface area contributed by atoms with Gasteiger partial charge in [0.1, 0.15) is 0 Å². The van der Waals surface area contributed by atoms with Gasteiger partial charge in [0.2, 0.25) is 19.5 Å². The monoisotopic (exact) mass is 713 g/mol. The van der Waals surface area contributed by atoms with Gasteiger partial charge in [-0.25, -0.2) is 0 Å². The van der Waals surface area contributed by atoms with Crippen LogP contribution in [0.1, 0.15) is 58.3 Å². The lowest BCUT2D eigenvalue weighted by Crippen LogP contribution is -2.29. The van der Waals surface area contributed by atoms with Gasteiger partial charge in [-0.1, -0.05) is 45.7 Å². The first-order valence-electron chi connectivity index (χ1n) is 13.1. The van der Waals surface area contributed by atoms with Crippen molar-refractivity contribution >= 4 is 80.5 Å². The molecule has 232 valence electrons. The quantitative estimate of drug-likeness (QED) is 0.119. The van der Waals surface area contributed by atoms with E-state index >= 15 is 0 Å². The molecule has 0 radical (unpaired) electrons. The van der Waals surface area contributed by atoms with Crippen molar-refractivity contribution in [1.29, 1.82) is 0 Å². The first kappa shape index (κ1) is 35.0. The maximum atomic E-state index is 14.6. The van der Waals surface area contributed by atoms with Gasteiger partial charge < -0.3 is 14.8 Å². The Bertz CT molecular complexity index is 1520. The van der Waals surface area contributed by atoms with Crippen molar-refractivity contribution in [2.75, 3.05) is 13.6 Å². The van der Waals surface area contributed by atoms with E-state index in [0.29, 0.717) is 16.0 Å². The van der Waals surface area contributed by atoms with Gasteiger partial charge in [-0.05, 0) is 93.8 Å². The van der Waals surface area contributed by atoms with Crippen LogP contribution in [0.15, 0.2) is 58.5 Å². The molecule has 0 aliphatic rings. The summed E-state index contributed by atoms with van der Waals surface area (Å²) in [4.78, 5) is 38.7. The molecule has 2 aromatic carbocycles. The summed E-state index contributed by atoms with van der Waals surface area (Å²) in [6.07, 6.45) is 3.06. The number of hydrogen-bond acceptors (Lipinski definition) is 9. The Kier molecular flexibility index (Phi) is 11.8. The number of amides is 1. The Morgan fingerprint density at radius 2 is 1.56 bits per heavy atom. The highest BCUT2D eigenvalue weighted by atomic mass is 79.9. The summed E-state index contributed by atoms with van der Waals surface area (Å²) in [5.74, 6) is -1.98. The molecule has 0 aliphatic heterocycles. The lowest BCUT2D eigenvalue weighted by Gasteiger charge is -2.27. The fourth-order valence-corrected chi connectivity index (χ4v) is 6.86. The zero-order valence-corrected chi connectivity index (χ0v) is 28.7. The molecular weight excluding hydrogens is 681 g/mol. The number of thiophene rings is 1. The van der Waals surface area contributed by atoms with E-state index in [1.165, 1.54) is 17.5 Å². The summed E-state index contributed by atoms with van der Waals surface area (Å²) in [6, 6.07) is 12.5. The Morgan fingerprint density at radius 1 is 0.977 bits per heavy atom. The van der Waals surface area contributed by atoms with Crippen molar-refractivity contribution in [1.82, 2.24) is 5.32 Å². The molecule has 1 heterocycles. The normalized spacial score (nSPS) is 13.2. The fraction of sp³-hybridized carbons (Fsp3) is 0.367. The maximum absolute atomic E-state index is 14.6. The van der Waals surface area contributed by atoms with Crippen LogP contribution in [0.3, 0.4) is 0 Å². The molecule has 0 saturated carbocycles. The topological polar surface area (TPSA) is 117 Å². The van der Waals surface area contributed by atoms with Crippen LogP contribution < -0.4 is 5.32 Å². The molecule has 1 amide bonds. The van der Waals surface area contributed by atoms with E-state index in [4.69, 9.17) is 30.1 Å². The molecular formula is C30H34BrClNO8PS. The van der Waals surface area contributed by atoms with Crippen molar-refractivity contribution in [2.45, 2.75) is 47.2 Å². The number of ether oxygens (including phenoxy) is 2. The van der Waals surface area contributed by atoms with Crippen molar-refractivity contribution in [3.8, 4) is 0 Å². The number of esters is 2. The highest BCUT2D eigenvalue weighted by Crippen LogP contribution is 2.62. The van der Waals surface area contributed by atoms with Gasteiger partial charge in [0.05, 0.1) is 10.8 Å². The van der Waals surface area contributed by atoms with Gasteiger partial charge in [-0.3, -0.25) is 28.0 Å². The molecule has 9 nitrogen and oxygen atoms in total. The predicted molar refractivity (Wildman–Crippen MR) is 171 cm³/mol. The third kappa shape index (κ3) is 9.48. The third-order valence-electron chi connectivity index (χ3n) is 5.89. The molecule has 1 aromatic heterocycles. The van der Waals surface area contributed by atoms with Crippen LogP contribution in [0.2, 0.25) is 5.02 Å². The van der Waals surface area contributed by atoms with Gasteiger partial charge >= 0.3 is 19.5 Å².